The zero-order valence-corrected chi connectivity index (χ0v) is 19.1. The highest BCUT2D eigenvalue weighted by Gasteiger charge is 2.26. The summed E-state index contributed by atoms with van der Waals surface area (Å²) in [4.78, 5) is 40.9. The summed E-state index contributed by atoms with van der Waals surface area (Å²) in [6.07, 6.45) is 4.52. The molecule has 1 unspecified atom stereocenters. The van der Waals surface area contributed by atoms with Gasteiger partial charge in [0, 0.05) is 43.6 Å². The van der Waals surface area contributed by atoms with Crippen LogP contribution in [-0.4, -0.2) is 48.1 Å². The van der Waals surface area contributed by atoms with Crippen LogP contribution in [0.2, 0.25) is 0 Å². The zero-order chi connectivity index (χ0) is 23.3. The van der Waals surface area contributed by atoms with Gasteiger partial charge in [-0.05, 0) is 32.8 Å². The normalized spacial score (nSPS) is 14.4. The van der Waals surface area contributed by atoms with Crippen molar-refractivity contribution in [2.24, 2.45) is 0 Å². The van der Waals surface area contributed by atoms with E-state index in [1.54, 1.807) is 35.9 Å². The van der Waals surface area contributed by atoms with Crippen molar-refractivity contribution in [3.05, 3.63) is 57.5 Å². The number of hydrogen-bond acceptors (Lipinski definition) is 5. The lowest BCUT2D eigenvalue weighted by atomic mass is 10.1. The summed E-state index contributed by atoms with van der Waals surface area (Å²) < 4.78 is 13.1. The maximum Gasteiger partial charge on any atom is 0.259 e. The average Bonchev–Trinajstić information content (AvgIpc) is 2.78. The largest absolute Gasteiger partial charge is 0.493 e. The van der Waals surface area contributed by atoms with E-state index in [2.05, 4.69) is 5.32 Å². The Hall–Kier alpha value is -3.29. The van der Waals surface area contributed by atoms with E-state index in [1.165, 1.54) is 0 Å². The molecule has 1 aliphatic rings. The highest BCUT2D eigenvalue weighted by atomic mass is 16.5. The number of ether oxygens (including phenoxy) is 2. The fraction of sp³-hybridized carbons (Fsp3) is 0.458. The van der Waals surface area contributed by atoms with Gasteiger partial charge in [-0.1, -0.05) is 19.1 Å². The topological polar surface area (TPSA) is 89.9 Å². The molecule has 1 aromatic carbocycles. The number of benzene rings is 1. The number of methoxy groups -OCH3 is 1. The molecule has 32 heavy (non-hydrogen) atoms. The first-order valence-corrected chi connectivity index (χ1v) is 11.0. The Labute approximate surface area is 188 Å². The van der Waals surface area contributed by atoms with Crippen molar-refractivity contribution >= 4 is 11.8 Å². The molecule has 1 atom stereocenters. The Morgan fingerprint density at radius 3 is 2.66 bits per heavy atom. The molecule has 0 spiro atoms. The van der Waals surface area contributed by atoms with Crippen molar-refractivity contribution in [1.29, 1.82) is 0 Å². The van der Waals surface area contributed by atoms with Gasteiger partial charge in [0.2, 0.25) is 5.43 Å². The molecular weight excluding hydrogens is 410 g/mol. The molecule has 0 radical (unpaired) electrons. The maximum absolute atomic E-state index is 13.6. The number of aromatic nitrogens is 1. The van der Waals surface area contributed by atoms with Gasteiger partial charge in [-0.15, -0.1) is 0 Å². The van der Waals surface area contributed by atoms with Gasteiger partial charge in [-0.3, -0.25) is 14.4 Å². The van der Waals surface area contributed by atoms with Gasteiger partial charge in [0.15, 0.2) is 11.5 Å². The minimum absolute atomic E-state index is 0.00000832. The summed E-state index contributed by atoms with van der Waals surface area (Å²) in [5.41, 5.74) is 0.236. The van der Waals surface area contributed by atoms with Gasteiger partial charge in [0.25, 0.3) is 11.8 Å². The van der Waals surface area contributed by atoms with Crippen molar-refractivity contribution in [3.8, 4) is 11.5 Å². The number of carbonyl (C=O) groups excluding carboxylic acids is 2. The number of pyridine rings is 1. The first-order valence-electron chi connectivity index (χ1n) is 11.0. The molecule has 2 heterocycles. The molecule has 0 saturated heterocycles. The first-order chi connectivity index (χ1) is 15.4. The minimum Gasteiger partial charge on any atom is -0.493 e. The van der Waals surface area contributed by atoms with Crippen molar-refractivity contribution in [1.82, 2.24) is 14.8 Å². The average molecular weight is 442 g/mol. The van der Waals surface area contributed by atoms with Gasteiger partial charge < -0.3 is 24.3 Å². The maximum atomic E-state index is 13.6. The fourth-order valence-electron chi connectivity index (χ4n) is 3.70. The molecule has 0 bridgehead atoms. The Bertz CT molecular complexity index is 1050. The van der Waals surface area contributed by atoms with Gasteiger partial charge in [-0.2, -0.15) is 0 Å². The third kappa shape index (κ3) is 4.79. The van der Waals surface area contributed by atoms with E-state index >= 15 is 0 Å². The number of nitrogens with one attached hydrogen (secondary N) is 1. The summed E-state index contributed by atoms with van der Waals surface area (Å²) in [6.45, 7) is 7.31. The molecule has 0 saturated carbocycles. The van der Waals surface area contributed by atoms with Crippen LogP contribution < -0.4 is 20.2 Å². The Kier molecular flexibility index (Phi) is 7.56. The second kappa shape index (κ2) is 10.3. The molecule has 3 rings (SSSR count). The zero-order valence-electron chi connectivity index (χ0n) is 19.1. The van der Waals surface area contributed by atoms with Gasteiger partial charge in [-0.25, -0.2) is 0 Å². The predicted octanol–water partition coefficient (Wildman–Crippen LogP) is 3.00. The Morgan fingerprint density at radius 2 is 1.97 bits per heavy atom. The molecule has 1 aromatic heterocycles. The lowest BCUT2D eigenvalue weighted by Crippen LogP contribution is -2.39. The lowest BCUT2D eigenvalue weighted by Gasteiger charge is -2.27. The van der Waals surface area contributed by atoms with Crippen LogP contribution in [-0.2, 0) is 6.54 Å². The van der Waals surface area contributed by atoms with E-state index in [9.17, 15) is 14.4 Å². The minimum atomic E-state index is -0.551. The lowest BCUT2D eigenvalue weighted by molar-refractivity contribution is 0.0718. The summed E-state index contributed by atoms with van der Waals surface area (Å²) in [6, 6.07) is 5.57. The predicted molar refractivity (Wildman–Crippen MR) is 122 cm³/mol. The number of fused-ring (bicyclic) bond motifs is 1. The molecule has 8 heteroatoms. The number of nitrogens with zero attached hydrogens (tertiary/aromatic N) is 2. The van der Waals surface area contributed by atoms with E-state index in [1.807, 2.05) is 32.0 Å². The van der Waals surface area contributed by atoms with E-state index in [0.717, 1.165) is 12.0 Å². The summed E-state index contributed by atoms with van der Waals surface area (Å²) in [7, 11) is 1.57. The number of hydrogen-bond donors (Lipinski definition) is 1. The SMILES string of the molecule is CCNC(=O)c1cn(C(C)CC)cc(C(=O)N2CCCOc3c(cccc3OC)C2)c1=O. The number of carbonyl (C=O) groups is 2. The van der Waals surface area contributed by atoms with E-state index < -0.39 is 17.2 Å². The molecule has 2 aromatic rings. The molecule has 2 amide bonds. The quantitative estimate of drug-likeness (QED) is 0.744. The first kappa shape index (κ1) is 23.4. The van der Waals surface area contributed by atoms with Gasteiger partial charge in [0.1, 0.15) is 11.1 Å². The highest BCUT2D eigenvalue weighted by molar-refractivity contribution is 5.99. The Balaban J connectivity index is 2.04. The second-order valence-corrected chi connectivity index (χ2v) is 7.86. The molecule has 0 fully saturated rings. The van der Waals surface area contributed by atoms with Crippen LogP contribution in [0.3, 0.4) is 0 Å². The van der Waals surface area contributed by atoms with Crippen molar-refractivity contribution in [3.63, 3.8) is 0 Å². The van der Waals surface area contributed by atoms with Crippen molar-refractivity contribution in [2.45, 2.75) is 46.2 Å². The smallest absolute Gasteiger partial charge is 0.259 e. The fourth-order valence-corrected chi connectivity index (χ4v) is 3.70. The van der Waals surface area contributed by atoms with Crippen LogP contribution in [0, 0.1) is 0 Å². The highest BCUT2D eigenvalue weighted by Crippen LogP contribution is 2.33. The molecule has 172 valence electrons. The molecular formula is C24H31N3O5. The summed E-state index contributed by atoms with van der Waals surface area (Å²) >= 11 is 0. The third-order valence-electron chi connectivity index (χ3n) is 5.71. The summed E-state index contributed by atoms with van der Waals surface area (Å²) in [5, 5.41) is 2.67. The van der Waals surface area contributed by atoms with Crippen LogP contribution in [0.15, 0.2) is 35.4 Å². The molecule has 1 N–H and O–H groups in total. The Morgan fingerprint density at radius 1 is 1.22 bits per heavy atom. The monoisotopic (exact) mass is 441 g/mol. The van der Waals surface area contributed by atoms with E-state index in [-0.39, 0.29) is 23.7 Å². The molecule has 8 nitrogen and oxygen atoms in total. The number of para-hydroxylation sites is 1. The molecule has 0 aliphatic carbocycles. The van der Waals surface area contributed by atoms with Crippen molar-refractivity contribution < 1.29 is 19.1 Å². The van der Waals surface area contributed by atoms with E-state index in [0.29, 0.717) is 37.6 Å². The van der Waals surface area contributed by atoms with Gasteiger partial charge in [0.05, 0.1) is 13.7 Å². The van der Waals surface area contributed by atoms with Gasteiger partial charge >= 0.3 is 0 Å². The second-order valence-electron chi connectivity index (χ2n) is 7.86. The third-order valence-corrected chi connectivity index (χ3v) is 5.71. The molecule has 1 aliphatic heterocycles. The van der Waals surface area contributed by atoms with Crippen LogP contribution in [0.25, 0.3) is 0 Å². The van der Waals surface area contributed by atoms with Crippen LogP contribution >= 0.6 is 0 Å². The standard InChI is InChI=1S/C24H31N3O5/c1-5-16(3)27-14-18(23(29)25-6-2)21(28)19(15-27)24(30)26-11-8-12-32-22-17(13-26)9-7-10-20(22)31-4/h7,9-10,14-16H,5-6,8,11-13H2,1-4H3,(H,25,29). The van der Waals surface area contributed by atoms with Crippen LogP contribution in [0.1, 0.15) is 65.9 Å². The van der Waals surface area contributed by atoms with Crippen LogP contribution in [0.4, 0.5) is 0 Å². The number of rotatable bonds is 6. The summed E-state index contributed by atoms with van der Waals surface area (Å²) in [5.74, 6) is 0.351. The number of amides is 2. The van der Waals surface area contributed by atoms with Crippen LogP contribution in [0.5, 0.6) is 11.5 Å². The van der Waals surface area contributed by atoms with Crippen molar-refractivity contribution in [2.75, 3.05) is 26.8 Å². The van der Waals surface area contributed by atoms with E-state index in [4.69, 9.17) is 9.47 Å².